The lowest BCUT2D eigenvalue weighted by Crippen LogP contribution is -2.21. The highest BCUT2D eigenvalue weighted by Gasteiger charge is 1.93. The number of aromatic amines is 1. The molecule has 0 bridgehead atoms. The van der Waals surface area contributed by atoms with Crippen LogP contribution < -0.4 is 5.32 Å². The Morgan fingerprint density at radius 1 is 0.933 bits per heavy atom. The smallest absolute Gasteiger partial charge is 0.0487 e. The molecule has 2 heterocycles. The Morgan fingerprint density at radius 2 is 1.53 bits per heavy atom. The fourth-order valence-corrected chi connectivity index (χ4v) is 1.02. The maximum absolute atomic E-state index is 3.60. The fraction of sp³-hybridized carbons (Fsp3) is 0.750. The van der Waals surface area contributed by atoms with Crippen LogP contribution in [0.15, 0.2) is 18.5 Å². The monoisotopic (exact) mass is 213 g/mol. The van der Waals surface area contributed by atoms with E-state index >= 15 is 0 Å². The van der Waals surface area contributed by atoms with Gasteiger partial charge in [-0.05, 0) is 32.0 Å². The number of H-pyrrole nitrogens is 1. The van der Waals surface area contributed by atoms with Crippen molar-refractivity contribution in [2.45, 2.75) is 47.0 Å². The van der Waals surface area contributed by atoms with Crippen LogP contribution in [0.4, 0.5) is 0 Å². The fourth-order valence-electron chi connectivity index (χ4n) is 1.02. The molecule has 0 aliphatic carbocycles. The molecule has 3 nitrogen and oxygen atoms in total. The summed E-state index contributed by atoms with van der Waals surface area (Å²) in [5.74, 6) is 0. The summed E-state index contributed by atoms with van der Waals surface area (Å²) in [5.41, 5.74) is 0. The number of aromatic nitrogens is 2. The molecule has 0 saturated carbocycles. The van der Waals surface area contributed by atoms with E-state index in [2.05, 4.69) is 15.5 Å². The molecule has 0 atom stereocenters. The van der Waals surface area contributed by atoms with E-state index in [-0.39, 0.29) is 0 Å². The van der Waals surface area contributed by atoms with Crippen LogP contribution in [0.3, 0.4) is 0 Å². The summed E-state index contributed by atoms with van der Waals surface area (Å²) in [7, 11) is 0. The van der Waals surface area contributed by atoms with Crippen LogP contribution in [0.5, 0.6) is 0 Å². The van der Waals surface area contributed by atoms with Gasteiger partial charge >= 0.3 is 0 Å². The topological polar surface area (TPSA) is 40.7 Å². The van der Waals surface area contributed by atoms with E-state index in [1.54, 1.807) is 12.4 Å². The van der Waals surface area contributed by atoms with E-state index in [9.17, 15) is 0 Å². The predicted octanol–water partition coefficient (Wildman–Crippen LogP) is 3.22. The Hall–Kier alpha value is -0.830. The zero-order valence-electron chi connectivity index (χ0n) is 10.7. The van der Waals surface area contributed by atoms with Crippen LogP contribution in [0, 0.1) is 0 Å². The third-order valence-electron chi connectivity index (χ3n) is 1.61. The molecule has 3 heteroatoms. The molecule has 90 valence electrons. The van der Waals surface area contributed by atoms with Gasteiger partial charge < -0.3 is 5.32 Å². The molecule has 2 rings (SSSR count). The van der Waals surface area contributed by atoms with Crippen molar-refractivity contribution in [3.05, 3.63) is 18.5 Å². The van der Waals surface area contributed by atoms with Crippen molar-refractivity contribution in [2.24, 2.45) is 0 Å². The van der Waals surface area contributed by atoms with Crippen molar-refractivity contribution < 1.29 is 0 Å². The van der Waals surface area contributed by atoms with Gasteiger partial charge in [-0.3, -0.25) is 5.10 Å². The van der Waals surface area contributed by atoms with Gasteiger partial charge in [0.05, 0.1) is 0 Å². The number of nitrogens with one attached hydrogen (secondary N) is 2. The van der Waals surface area contributed by atoms with Crippen molar-refractivity contribution in [1.82, 2.24) is 15.5 Å². The lowest BCUT2D eigenvalue weighted by Gasteiger charge is -2.08. The summed E-state index contributed by atoms with van der Waals surface area (Å²) < 4.78 is 0. The zero-order chi connectivity index (χ0) is 11.8. The summed E-state index contributed by atoms with van der Waals surface area (Å²) >= 11 is 0. The highest BCUT2D eigenvalue weighted by molar-refractivity contribution is 4.72. The first kappa shape index (κ1) is 16.6. The summed E-state index contributed by atoms with van der Waals surface area (Å²) in [6, 6.07) is 1.83. The van der Waals surface area contributed by atoms with Gasteiger partial charge in [-0.2, -0.15) is 5.10 Å². The summed E-state index contributed by atoms with van der Waals surface area (Å²) in [6.07, 6.45) is 7.67. The number of hydrogen-bond acceptors (Lipinski definition) is 2. The minimum Gasteiger partial charge on any atom is -0.317 e. The molecule has 1 aromatic heterocycles. The third-order valence-corrected chi connectivity index (χ3v) is 1.61. The molecule has 0 spiro atoms. The highest BCUT2D eigenvalue weighted by Crippen LogP contribution is 1.96. The van der Waals surface area contributed by atoms with E-state index in [1.165, 1.54) is 32.4 Å². The Bertz CT molecular complexity index is 117. The van der Waals surface area contributed by atoms with Crippen LogP contribution in [-0.2, 0) is 0 Å². The van der Waals surface area contributed by atoms with Gasteiger partial charge in [0.25, 0.3) is 0 Å². The van der Waals surface area contributed by atoms with Gasteiger partial charge in [-0.15, -0.1) is 0 Å². The number of nitrogens with zero attached hydrogens (tertiary/aromatic N) is 1. The molecule has 1 aliphatic heterocycles. The first-order valence-corrected chi connectivity index (χ1v) is 6.14. The molecule has 15 heavy (non-hydrogen) atoms. The molecule has 0 amide bonds. The second-order valence-corrected chi connectivity index (χ2v) is 2.58. The molecule has 0 unspecified atom stereocenters. The van der Waals surface area contributed by atoms with Crippen LogP contribution in [0.25, 0.3) is 0 Å². The van der Waals surface area contributed by atoms with Crippen molar-refractivity contribution in [1.29, 1.82) is 0 Å². The van der Waals surface area contributed by atoms with Gasteiger partial charge in [0, 0.05) is 12.4 Å². The average molecular weight is 213 g/mol. The molecule has 1 fully saturated rings. The second-order valence-electron chi connectivity index (χ2n) is 2.58. The van der Waals surface area contributed by atoms with E-state index in [4.69, 9.17) is 0 Å². The minimum atomic E-state index is 1.25. The maximum atomic E-state index is 3.60. The molecule has 0 aromatic carbocycles. The minimum absolute atomic E-state index is 1.25. The Kier molecular flexibility index (Phi) is 20.9. The van der Waals surface area contributed by atoms with Gasteiger partial charge in [0.1, 0.15) is 0 Å². The Morgan fingerprint density at radius 3 is 1.67 bits per heavy atom. The lowest BCUT2D eigenvalue weighted by molar-refractivity contribution is 0.520. The highest BCUT2D eigenvalue weighted by atomic mass is 15.1. The second kappa shape index (κ2) is 18.9. The average Bonchev–Trinajstić information content (AvgIpc) is 2.95. The quantitative estimate of drug-likeness (QED) is 0.694. The third kappa shape index (κ3) is 15.9. The molecule has 0 radical (unpaired) electrons. The van der Waals surface area contributed by atoms with Gasteiger partial charge in [-0.25, -0.2) is 0 Å². The van der Waals surface area contributed by atoms with Gasteiger partial charge in [-0.1, -0.05) is 34.1 Å². The SMILES string of the molecule is C1CCNCC1.CC.CC.c1cn[nH]c1. The lowest BCUT2D eigenvalue weighted by atomic mass is 10.2. The maximum Gasteiger partial charge on any atom is 0.0487 e. The summed E-state index contributed by atoms with van der Waals surface area (Å²) in [5, 5.41) is 9.49. The first-order chi connectivity index (χ1) is 7.50. The Labute approximate surface area is 94.7 Å². The normalized spacial score (nSPS) is 13.1. The van der Waals surface area contributed by atoms with Crippen molar-refractivity contribution in [2.75, 3.05) is 13.1 Å². The first-order valence-electron chi connectivity index (χ1n) is 6.14. The molecular weight excluding hydrogens is 186 g/mol. The van der Waals surface area contributed by atoms with Crippen LogP contribution in [-0.4, -0.2) is 23.3 Å². The number of hydrogen-bond donors (Lipinski definition) is 2. The van der Waals surface area contributed by atoms with Crippen LogP contribution in [0.1, 0.15) is 47.0 Å². The van der Waals surface area contributed by atoms with Crippen LogP contribution >= 0.6 is 0 Å². The number of rotatable bonds is 0. The summed E-state index contributed by atoms with van der Waals surface area (Å²) in [4.78, 5) is 0. The van der Waals surface area contributed by atoms with E-state index in [1.807, 2.05) is 33.8 Å². The standard InChI is InChI=1S/C5H11N.C3H4N2.2C2H6/c1-2-4-6-5-3-1;1-2-4-5-3-1;2*1-2/h6H,1-5H2;1-3H,(H,4,5);2*1-2H3. The molecule has 2 N–H and O–H groups in total. The molecular formula is C12H27N3. The molecule has 1 aliphatic rings. The largest absolute Gasteiger partial charge is 0.317 e. The zero-order valence-corrected chi connectivity index (χ0v) is 10.7. The predicted molar refractivity (Wildman–Crippen MR) is 68.0 cm³/mol. The Balaban J connectivity index is 0. The van der Waals surface area contributed by atoms with Gasteiger partial charge in [0.15, 0.2) is 0 Å². The van der Waals surface area contributed by atoms with Crippen molar-refractivity contribution in [3.63, 3.8) is 0 Å². The van der Waals surface area contributed by atoms with Gasteiger partial charge in [0.2, 0.25) is 0 Å². The van der Waals surface area contributed by atoms with Crippen molar-refractivity contribution >= 4 is 0 Å². The number of piperidine rings is 1. The van der Waals surface area contributed by atoms with Crippen LogP contribution in [0.2, 0.25) is 0 Å². The van der Waals surface area contributed by atoms with E-state index in [0.29, 0.717) is 0 Å². The molecule has 1 saturated heterocycles. The summed E-state index contributed by atoms with van der Waals surface area (Å²) in [6.45, 7) is 10.5. The van der Waals surface area contributed by atoms with Crippen molar-refractivity contribution in [3.8, 4) is 0 Å². The van der Waals surface area contributed by atoms with E-state index < -0.39 is 0 Å². The molecule has 1 aromatic rings. The van der Waals surface area contributed by atoms with E-state index in [0.717, 1.165) is 0 Å².